The molecule has 146 valence electrons. The van der Waals surface area contributed by atoms with Crippen LogP contribution in [0.2, 0.25) is 0 Å². The fraction of sp³-hybridized carbons (Fsp3) is 0.300. The molecule has 0 unspecified atom stereocenters. The SMILES string of the molecule is CCOC(=O)c1ccc(Br)c(C)c1.CCOC(=O)c1ccc(Br)c(CBr)c1. The molecule has 0 radical (unpaired) electrons. The van der Waals surface area contributed by atoms with Gasteiger partial charge in [0.15, 0.2) is 0 Å². The largest absolute Gasteiger partial charge is 0.462 e. The fourth-order valence-corrected chi connectivity index (χ4v) is 3.48. The monoisotopic (exact) mass is 562 g/mol. The van der Waals surface area contributed by atoms with E-state index in [9.17, 15) is 9.59 Å². The number of hydrogen-bond donors (Lipinski definition) is 0. The lowest BCUT2D eigenvalue weighted by Gasteiger charge is -2.04. The van der Waals surface area contributed by atoms with E-state index in [4.69, 9.17) is 9.47 Å². The number of carbonyl (C=O) groups excluding carboxylic acids is 2. The van der Waals surface area contributed by atoms with E-state index in [0.717, 1.165) is 20.1 Å². The van der Waals surface area contributed by atoms with Crippen LogP contribution in [-0.4, -0.2) is 25.2 Å². The second-order valence-corrected chi connectivity index (χ2v) is 7.61. The Kier molecular flexibility index (Phi) is 10.9. The number of ether oxygens (including phenoxy) is 2. The van der Waals surface area contributed by atoms with Crippen LogP contribution in [0.5, 0.6) is 0 Å². The van der Waals surface area contributed by atoms with Gasteiger partial charge in [-0.25, -0.2) is 9.59 Å². The van der Waals surface area contributed by atoms with Crippen molar-refractivity contribution in [3.63, 3.8) is 0 Å². The van der Waals surface area contributed by atoms with Crippen molar-refractivity contribution in [2.24, 2.45) is 0 Å². The molecule has 0 aliphatic rings. The molecule has 0 aliphatic heterocycles. The van der Waals surface area contributed by atoms with E-state index >= 15 is 0 Å². The van der Waals surface area contributed by atoms with E-state index in [-0.39, 0.29) is 11.9 Å². The maximum Gasteiger partial charge on any atom is 0.338 e. The molecule has 0 aliphatic carbocycles. The molecule has 0 fully saturated rings. The standard InChI is InChI=1S/C10H10Br2O2.C10H11BrO2/c1-2-14-10(13)7-3-4-9(12)8(5-7)6-11;1-3-13-10(12)8-4-5-9(11)7(2)6-8/h3-5H,2,6H2,1H3;4-6H,3H2,1-2H3. The summed E-state index contributed by atoms with van der Waals surface area (Å²) in [7, 11) is 0. The molecule has 0 spiro atoms. The summed E-state index contributed by atoms with van der Waals surface area (Å²) < 4.78 is 11.8. The van der Waals surface area contributed by atoms with Crippen molar-refractivity contribution < 1.29 is 19.1 Å². The molecule has 0 saturated carbocycles. The molecule has 2 rings (SSSR count). The number of hydrogen-bond acceptors (Lipinski definition) is 4. The quantitative estimate of drug-likeness (QED) is 0.309. The molecule has 0 aromatic heterocycles. The molecule has 0 saturated heterocycles. The molecule has 4 nitrogen and oxygen atoms in total. The van der Waals surface area contributed by atoms with E-state index in [1.165, 1.54) is 0 Å². The van der Waals surface area contributed by atoms with E-state index in [1.807, 2.05) is 31.2 Å². The average molecular weight is 565 g/mol. The van der Waals surface area contributed by atoms with Crippen LogP contribution in [0.3, 0.4) is 0 Å². The van der Waals surface area contributed by atoms with E-state index < -0.39 is 0 Å². The first-order valence-electron chi connectivity index (χ1n) is 8.28. The summed E-state index contributed by atoms with van der Waals surface area (Å²) >= 11 is 10.1. The predicted molar refractivity (Wildman–Crippen MR) is 118 cm³/mol. The van der Waals surface area contributed by atoms with E-state index in [1.54, 1.807) is 26.0 Å². The van der Waals surface area contributed by atoms with Crippen LogP contribution < -0.4 is 0 Å². The first-order valence-corrected chi connectivity index (χ1v) is 11.0. The lowest BCUT2D eigenvalue weighted by atomic mass is 10.1. The summed E-state index contributed by atoms with van der Waals surface area (Å²) in [5.41, 5.74) is 3.26. The minimum atomic E-state index is -0.276. The predicted octanol–water partition coefficient (Wildman–Crippen LogP) is 6.45. The summed E-state index contributed by atoms with van der Waals surface area (Å²) in [5, 5.41) is 0.709. The Morgan fingerprint density at radius 3 is 1.78 bits per heavy atom. The molecule has 7 heteroatoms. The first-order chi connectivity index (χ1) is 12.8. The molecule has 27 heavy (non-hydrogen) atoms. The first kappa shape index (κ1) is 23.9. The second-order valence-electron chi connectivity index (χ2n) is 5.34. The zero-order valence-electron chi connectivity index (χ0n) is 15.4. The number of benzene rings is 2. The molecule has 0 bridgehead atoms. The van der Waals surface area contributed by atoms with Crippen LogP contribution in [0.1, 0.15) is 45.7 Å². The van der Waals surface area contributed by atoms with Gasteiger partial charge in [0.25, 0.3) is 0 Å². The van der Waals surface area contributed by atoms with Crippen LogP contribution in [0, 0.1) is 6.92 Å². The van der Waals surface area contributed by atoms with Gasteiger partial charge in [-0.3, -0.25) is 0 Å². The number of aryl methyl sites for hydroxylation is 1. The third kappa shape index (κ3) is 7.76. The van der Waals surface area contributed by atoms with E-state index in [0.29, 0.717) is 29.7 Å². The van der Waals surface area contributed by atoms with Crippen molar-refractivity contribution in [1.29, 1.82) is 0 Å². The summed E-state index contributed by atoms with van der Waals surface area (Å²) in [6.07, 6.45) is 0. The highest BCUT2D eigenvalue weighted by molar-refractivity contribution is 9.11. The Morgan fingerprint density at radius 1 is 0.852 bits per heavy atom. The Morgan fingerprint density at radius 2 is 1.33 bits per heavy atom. The summed E-state index contributed by atoms with van der Waals surface area (Å²) in [5.74, 6) is -0.541. The molecular weight excluding hydrogens is 544 g/mol. The van der Waals surface area contributed by atoms with Crippen molar-refractivity contribution in [3.05, 3.63) is 67.6 Å². The Bertz CT molecular complexity index is 791. The van der Waals surface area contributed by atoms with Crippen molar-refractivity contribution in [3.8, 4) is 0 Å². The zero-order valence-corrected chi connectivity index (χ0v) is 20.1. The minimum Gasteiger partial charge on any atom is -0.462 e. The lowest BCUT2D eigenvalue weighted by molar-refractivity contribution is 0.0516. The normalized spacial score (nSPS) is 9.85. The molecule has 0 heterocycles. The summed E-state index contributed by atoms with van der Waals surface area (Å²) in [4.78, 5) is 22.6. The summed E-state index contributed by atoms with van der Waals surface area (Å²) in [6, 6.07) is 10.8. The smallest absolute Gasteiger partial charge is 0.338 e. The topological polar surface area (TPSA) is 52.6 Å². The Balaban J connectivity index is 0.000000271. The highest BCUT2D eigenvalue weighted by atomic mass is 79.9. The van der Waals surface area contributed by atoms with Gasteiger partial charge >= 0.3 is 11.9 Å². The van der Waals surface area contributed by atoms with Crippen LogP contribution in [0.25, 0.3) is 0 Å². The molecule has 0 N–H and O–H groups in total. The number of esters is 2. The van der Waals surface area contributed by atoms with Gasteiger partial charge in [-0.05, 0) is 68.3 Å². The van der Waals surface area contributed by atoms with Crippen molar-refractivity contribution in [2.45, 2.75) is 26.1 Å². The van der Waals surface area contributed by atoms with Gasteiger partial charge in [-0.1, -0.05) is 47.8 Å². The maximum absolute atomic E-state index is 11.4. The van der Waals surface area contributed by atoms with Gasteiger partial charge in [0.1, 0.15) is 0 Å². The van der Waals surface area contributed by atoms with Crippen LogP contribution in [0.15, 0.2) is 45.3 Å². The van der Waals surface area contributed by atoms with Crippen LogP contribution >= 0.6 is 47.8 Å². The van der Waals surface area contributed by atoms with Gasteiger partial charge in [-0.15, -0.1) is 0 Å². The lowest BCUT2D eigenvalue weighted by Crippen LogP contribution is -2.04. The molecule has 2 aromatic carbocycles. The Hall–Kier alpha value is -1.18. The van der Waals surface area contributed by atoms with Gasteiger partial charge in [0.05, 0.1) is 24.3 Å². The number of alkyl halides is 1. The molecule has 0 amide bonds. The number of halogens is 3. The van der Waals surface area contributed by atoms with Crippen molar-refractivity contribution >= 4 is 59.7 Å². The average Bonchev–Trinajstić information content (AvgIpc) is 2.65. The highest BCUT2D eigenvalue weighted by Gasteiger charge is 2.08. The summed E-state index contributed by atoms with van der Waals surface area (Å²) in [6.45, 7) is 6.34. The third-order valence-corrected chi connectivity index (χ3v) is 5.64. The number of rotatable bonds is 5. The van der Waals surface area contributed by atoms with Gasteiger partial charge in [0, 0.05) is 14.3 Å². The highest BCUT2D eigenvalue weighted by Crippen LogP contribution is 2.21. The maximum atomic E-state index is 11.4. The number of carbonyl (C=O) groups is 2. The van der Waals surface area contributed by atoms with Gasteiger partial charge < -0.3 is 9.47 Å². The minimum absolute atomic E-state index is 0.266. The van der Waals surface area contributed by atoms with Gasteiger partial charge in [0.2, 0.25) is 0 Å². The van der Waals surface area contributed by atoms with Crippen LogP contribution in [0.4, 0.5) is 0 Å². The van der Waals surface area contributed by atoms with Crippen LogP contribution in [-0.2, 0) is 14.8 Å². The Labute approximate surface area is 185 Å². The third-order valence-electron chi connectivity index (χ3n) is 3.37. The zero-order chi connectivity index (χ0) is 20.4. The van der Waals surface area contributed by atoms with Crippen molar-refractivity contribution in [2.75, 3.05) is 13.2 Å². The molecule has 0 atom stereocenters. The van der Waals surface area contributed by atoms with E-state index in [2.05, 4.69) is 47.8 Å². The fourth-order valence-electron chi connectivity index (χ4n) is 2.00. The second kappa shape index (κ2) is 12.3. The van der Waals surface area contributed by atoms with Gasteiger partial charge in [-0.2, -0.15) is 0 Å². The van der Waals surface area contributed by atoms with Crippen molar-refractivity contribution in [1.82, 2.24) is 0 Å². The molecular formula is C20H21Br3O4. The molecule has 2 aromatic rings.